The molecule has 1 saturated carbocycles. The molecule has 5 heteroatoms. The van der Waals surface area contributed by atoms with Crippen LogP contribution in [0.15, 0.2) is 5.16 Å². The van der Waals surface area contributed by atoms with Crippen LogP contribution in [0.5, 0.6) is 0 Å². The first-order valence-corrected chi connectivity index (χ1v) is 7.22. The molecule has 0 radical (unpaired) electrons. The van der Waals surface area contributed by atoms with E-state index in [4.69, 9.17) is 10.9 Å². The fraction of sp³-hybridized carbons (Fsp3) is 0.857. The normalized spacial score (nSPS) is 28.4. The van der Waals surface area contributed by atoms with Gasteiger partial charge in [0.25, 0.3) is 0 Å². The van der Waals surface area contributed by atoms with Gasteiger partial charge in [-0.05, 0) is 37.5 Å². The summed E-state index contributed by atoms with van der Waals surface area (Å²) in [6.07, 6.45) is 5.14. The van der Waals surface area contributed by atoms with Gasteiger partial charge < -0.3 is 16.3 Å². The van der Waals surface area contributed by atoms with Crippen LogP contribution in [0.4, 0.5) is 0 Å². The number of nitrogens with one attached hydrogen (secondary N) is 1. The molecule has 0 atom stereocenters. The summed E-state index contributed by atoms with van der Waals surface area (Å²) in [5.74, 6) is 1.11. The number of amides is 1. The molecule has 0 aromatic heterocycles. The fourth-order valence-electron chi connectivity index (χ4n) is 2.81. The zero-order valence-corrected chi connectivity index (χ0v) is 12.3. The lowest BCUT2D eigenvalue weighted by atomic mass is 9.74. The minimum atomic E-state index is -0.646. The summed E-state index contributed by atoms with van der Waals surface area (Å²) in [6, 6.07) is 0. The van der Waals surface area contributed by atoms with Gasteiger partial charge in [0.2, 0.25) is 5.91 Å². The van der Waals surface area contributed by atoms with Crippen molar-refractivity contribution in [3.8, 4) is 0 Å². The molecule has 0 bridgehead atoms. The van der Waals surface area contributed by atoms with Crippen LogP contribution in [0, 0.1) is 11.8 Å². The Bertz CT molecular complexity index is 332. The summed E-state index contributed by atoms with van der Waals surface area (Å²) >= 11 is 0. The number of rotatable bonds is 5. The molecule has 0 aromatic carbocycles. The number of hydrogen-bond donors (Lipinski definition) is 3. The number of oxime groups is 1. The summed E-state index contributed by atoms with van der Waals surface area (Å²) in [5, 5.41) is 15.1. The number of carbonyl (C=O) groups excluding carboxylic acids is 1. The lowest BCUT2D eigenvalue weighted by Gasteiger charge is -2.39. The Morgan fingerprint density at radius 1 is 1.47 bits per heavy atom. The van der Waals surface area contributed by atoms with Gasteiger partial charge in [-0.15, -0.1) is 0 Å². The van der Waals surface area contributed by atoms with Crippen LogP contribution in [0.3, 0.4) is 0 Å². The Morgan fingerprint density at radius 3 is 2.47 bits per heavy atom. The van der Waals surface area contributed by atoms with E-state index in [9.17, 15) is 4.79 Å². The molecule has 5 nitrogen and oxygen atoms in total. The van der Waals surface area contributed by atoms with Crippen LogP contribution in [-0.4, -0.2) is 22.5 Å². The molecule has 110 valence electrons. The van der Waals surface area contributed by atoms with Crippen LogP contribution in [-0.2, 0) is 4.79 Å². The smallest absolute Gasteiger partial charge is 0.221 e. The van der Waals surface area contributed by atoms with Crippen molar-refractivity contribution in [2.45, 2.75) is 64.8 Å². The summed E-state index contributed by atoms with van der Waals surface area (Å²) in [5.41, 5.74) is 5.19. The third-order valence-electron chi connectivity index (χ3n) is 4.11. The second kappa shape index (κ2) is 6.78. The first-order valence-electron chi connectivity index (χ1n) is 7.22. The van der Waals surface area contributed by atoms with E-state index in [0.29, 0.717) is 18.3 Å². The van der Waals surface area contributed by atoms with Gasteiger partial charge >= 0.3 is 0 Å². The molecular weight excluding hydrogens is 242 g/mol. The van der Waals surface area contributed by atoms with Crippen LogP contribution in [0.25, 0.3) is 0 Å². The number of nitrogens with two attached hydrogens (primary N) is 1. The van der Waals surface area contributed by atoms with Gasteiger partial charge in [0.1, 0.15) is 5.54 Å². The molecule has 1 amide bonds. The van der Waals surface area contributed by atoms with E-state index in [1.54, 1.807) is 0 Å². The highest BCUT2D eigenvalue weighted by Gasteiger charge is 2.40. The predicted molar refractivity (Wildman–Crippen MR) is 76.0 cm³/mol. The van der Waals surface area contributed by atoms with Gasteiger partial charge in [0.15, 0.2) is 5.84 Å². The first kappa shape index (κ1) is 15.8. The van der Waals surface area contributed by atoms with Crippen LogP contribution in [0.1, 0.15) is 59.3 Å². The Labute approximate surface area is 115 Å². The van der Waals surface area contributed by atoms with Gasteiger partial charge in [-0.25, -0.2) is 0 Å². The molecule has 1 rings (SSSR count). The zero-order chi connectivity index (χ0) is 14.5. The summed E-state index contributed by atoms with van der Waals surface area (Å²) < 4.78 is 0. The van der Waals surface area contributed by atoms with E-state index in [1.165, 1.54) is 0 Å². The van der Waals surface area contributed by atoms with Crippen LogP contribution in [0.2, 0.25) is 0 Å². The maximum Gasteiger partial charge on any atom is 0.221 e. The SMILES string of the molecule is CCC1CCC(NC(=O)CC(C)C)(C(N)=NO)CC1. The molecule has 1 aliphatic carbocycles. The standard InChI is InChI=1S/C14H27N3O2/c1-4-11-5-7-14(8-6-11,13(15)17-19)16-12(18)9-10(2)3/h10-11,19H,4-9H2,1-3H3,(H2,15,17)(H,16,18). The average molecular weight is 269 g/mol. The van der Waals surface area contributed by atoms with Crippen molar-refractivity contribution < 1.29 is 10.0 Å². The third-order valence-corrected chi connectivity index (χ3v) is 4.11. The summed E-state index contributed by atoms with van der Waals surface area (Å²) in [6.45, 7) is 6.19. The van der Waals surface area contributed by atoms with Crippen molar-refractivity contribution in [2.75, 3.05) is 0 Å². The second-order valence-electron chi connectivity index (χ2n) is 6.07. The molecule has 19 heavy (non-hydrogen) atoms. The van der Waals surface area contributed by atoms with E-state index in [0.717, 1.165) is 32.1 Å². The molecule has 4 N–H and O–H groups in total. The van der Waals surface area contributed by atoms with E-state index in [1.807, 2.05) is 13.8 Å². The van der Waals surface area contributed by atoms with Crippen molar-refractivity contribution >= 4 is 11.7 Å². The Hall–Kier alpha value is -1.26. The Morgan fingerprint density at radius 2 is 2.05 bits per heavy atom. The molecule has 0 spiro atoms. The molecule has 0 saturated heterocycles. The predicted octanol–water partition coefficient (Wildman–Crippen LogP) is 2.23. The molecular formula is C14H27N3O2. The van der Waals surface area contributed by atoms with Gasteiger partial charge in [-0.3, -0.25) is 4.79 Å². The monoisotopic (exact) mass is 269 g/mol. The number of nitrogens with zero attached hydrogens (tertiary/aromatic N) is 1. The molecule has 0 aliphatic heterocycles. The quantitative estimate of drug-likeness (QED) is 0.309. The number of amidine groups is 1. The average Bonchev–Trinajstić information content (AvgIpc) is 2.37. The minimum Gasteiger partial charge on any atom is -0.409 e. The van der Waals surface area contributed by atoms with E-state index >= 15 is 0 Å². The summed E-state index contributed by atoms with van der Waals surface area (Å²) in [7, 11) is 0. The zero-order valence-electron chi connectivity index (χ0n) is 12.3. The Kier molecular flexibility index (Phi) is 5.63. The van der Waals surface area contributed by atoms with Gasteiger partial charge in [0, 0.05) is 6.42 Å². The molecule has 0 heterocycles. The lowest BCUT2D eigenvalue weighted by Crippen LogP contribution is -2.59. The highest BCUT2D eigenvalue weighted by molar-refractivity contribution is 5.94. The fourth-order valence-corrected chi connectivity index (χ4v) is 2.81. The molecule has 1 fully saturated rings. The number of carbonyl (C=O) groups is 1. The van der Waals surface area contributed by atoms with Crippen molar-refractivity contribution in [1.29, 1.82) is 0 Å². The van der Waals surface area contributed by atoms with Gasteiger partial charge in [-0.1, -0.05) is 32.3 Å². The summed E-state index contributed by atoms with van der Waals surface area (Å²) in [4.78, 5) is 12.0. The maximum absolute atomic E-state index is 12.0. The van der Waals surface area contributed by atoms with Crippen molar-refractivity contribution in [3.05, 3.63) is 0 Å². The highest BCUT2D eigenvalue weighted by atomic mass is 16.4. The van der Waals surface area contributed by atoms with Crippen molar-refractivity contribution in [1.82, 2.24) is 5.32 Å². The minimum absolute atomic E-state index is 0.0171. The van der Waals surface area contributed by atoms with Gasteiger partial charge in [0.05, 0.1) is 0 Å². The topological polar surface area (TPSA) is 87.7 Å². The lowest BCUT2D eigenvalue weighted by molar-refractivity contribution is -0.123. The highest BCUT2D eigenvalue weighted by Crippen LogP contribution is 2.34. The van der Waals surface area contributed by atoms with E-state index in [-0.39, 0.29) is 11.7 Å². The van der Waals surface area contributed by atoms with Crippen LogP contribution < -0.4 is 11.1 Å². The van der Waals surface area contributed by atoms with Crippen molar-refractivity contribution in [3.63, 3.8) is 0 Å². The molecule has 0 unspecified atom stereocenters. The van der Waals surface area contributed by atoms with E-state index < -0.39 is 5.54 Å². The van der Waals surface area contributed by atoms with Crippen LogP contribution >= 0.6 is 0 Å². The number of hydrogen-bond acceptors (Lipinski definition) is 3. The largest absolute Gasteiger partial charge is 0.409 e. The van der Waals surface area contributed by atoms with Gasteiger partial charge in [-0.2, -0.15) is 0 Å². The Balaban J connectivity index is 2.76. The van der Waals surface area contributed by atoms with Crippen molar-refractivity contribution in [2.24, 2.45) is 22.7 Å². The third kappa shape index (κ3) is 4.11. The molecule has 1 aliphatic rings. The maximum atomic E-state index is 12.0. The van der Waals surface area contributed by atoms with E-state index in [2.05, 4.69) is 17.4 Å². The first-order chi connectivity index (χ1) is 8.93. The second-order valence-corrected chi connectivity index (χ2v) is 6.07. The molecule has 0 aromatic rings.